The van der Waals surface area contributed by atoms with E-state index < -0.39 is 0 Å². The van der Waals surface area contributed by atoms with Crippen LogP contribution in [0.1, 0.15) is 30.0 Å². The molecule has 0 radical (unpaired) electrons. The Kier molecular flexibility index (Phi) is 4.66. The molecule has 2 aromatic heterocycles. The van der Waals surface area contributed by atoms with Crippen molar-refractivity contribution < 1.29 is 0 Å². The highest BCUT2D eigenvalue weighted by atomic mass is 15.3. The van der Waals surface area contributed by atoms with Crippen LogP contribution in [0.3, 0.4) is 0 Å². The summed E-state index contributed by atoms with van der Waals surface area (Å²) in [7, 11) is 0. The van der Waals surface area contributed by atoms with Crippen molar-refractivity contribution in [1.29, 1.82) is 0 Å². The van der Waals surface area contributed by atoms with E-state index in [4.69, 9.17) is 0 Å². The summed E-state index contributed by atoms with van der Waals surface area (Å²) in [5.74, 6) is 1.65. The van der Waals surface area contributed by atoms with E-state index in [1.807, 2.05) is 36.0 Å². The molecule has 1 N–H and O–H groups in total. The highest BCUT2D eigenvalue weighted by molar-refractivity contribution is 5.39. The minimum absolute atomic E-state index is 0.0927. The van der Waals surface area contributed by atoms with Gasteiger partial charge in [-0.1, -0.05) is 37.3 Å². The van der Waals surface area contributed by atoms with Crippen molar-refractivity contribution in [3.63, 3.8) is 0 Å². The maximum absolute atomic E-state index is 4.52. The highest BCUT2D eigenvalue weighted by Gasteiger charge is 2.14. The Morgan fingerprint density at radius 1 is 1.13 bits per heavy atom. The van der Waals surface area contributed by atoms with Gasteiger partial charge in [0.1, 0.15) is 11.6 Å². The van der Waals surface area contributed by atoms with Gasteiger partial charge in [-0.15, -0.1) is 0 Å². The van der Waals surface area contributed by atoms with E-state index in [2.05, 4.69) is 51.6 Å². The minimum atomic E-state index is 0.0927. The fraction of sp³-hybridized carbons (Fsp3) is 0.278. The summed E-state index contributed by atoms with van der Waals surface area (Å²) in [6.45, 7) is 4.76. The molecule has 5 nitrogen and oxygen atoms in total. The monoisotopic (exact) mass is 307 g/mol. The van der Waals surface area contributed by atoms with Crippen LogP contribution in [0.5, 0.6) is 0 Å². The quantitative estimate of drug-likeness (QED) is 0.758. The van der Waals surface area contributed by atoms with Crippen molar-refractivity contribution in [2.24, 2.45) is 0 Å². The lowest BCUT2D eigenvalue weighted by Gasteiger charge is -2.20. The standard InChI is InChI=1S/C18H21N5/c1-3-16-12-18(21-14(2)20-16)22-17(13-23-11-7-10-19-23)15-8-5-4-6-9-15/h4-12,17H,3,13H2,1-2H3,(H,20,21,22). The Morgan fingerprint density at radius 3 is 2.65 bits per heavy atom. The molecule has 23 heavy (non-hydrogen) atoms. The number of benzene rings is 1. The second kappa shape index (κ2) is 7.05. The van der Waals surface area contributed by atoms with Crippen LogP contribution in [0.15, 0.2) is 54.9 Å². The lowest BCUT2D eigenvalue weighted by Crippen LogP contribution is -2.19. The number of hydrogen-bond acceptors (Lipinski definition) is 4. The fourth-order valence-electron chi connectivity index (χ4n) is 2.58. The van der Waals surface area contributed by atoms with E-state index in [1.54, 1.807) is 6.20 Å². The number of nitrogens with zero attached hydrogens (tertiary/aromatic N) is 4. The Bertz CT molecular complexity index is 737. The smallest absolute Gasteiger partial charge is 0.130 e. The molecule has 3 rings (SSSR count). The van der Waals surface area contributed by atoms with Gasteiger partial charge in [0.05, 0.1) is 12.6 Å². The summed E-state index contributed by atoms with van der Waals surface area (Å²) in [6.07, 6.45) is 4.67. The van der Waals surface area contributed by atoms with Gasteiger partial charge in [-0.05, 0) is 25.0 Å². The predicted octanol–water partition coefficient (Wildman–Crippen LogP) is 3.40. The first-order valence-electron chi connectivity index (χ1n) is 7.88. The SMILES string of the molecule is CCc1cc(NC(Cn2cccn2)c2ccccc2)nc(C)n1. The van der Waals surface area contributed by atoms with Gasteiger partial charge in [0.2, 0.25) is 0 Å². The Hall–Kier alpha value is -2.69. The second-order valence-electron chi connectivity index (χ2n) is 5.48. The average Bonchev–Trinajstić information content (AvgIpc) is 3.07. The summed E-state index contributed by atoms with van der Waals surface area (Å²) < 4.78 is 1.93. The molecule has 2 heterocycles. The summed E-state index contributed by atoms with van der Waals surface area (Å²) in [4.78, 5) is 8.96. The number of nitrogens with one attached hydrogen (secondary N) is 1. The Labute approximate surface area is 136 Å². The van der Waals surface area contributed by atoms with Gasteiger partial charge in [-0.2, -0.15) is 5.10 Å². The van der Waals surface area contributed by atoms with Gasteiger partial charge in [0.15, 0.2) is 0 Å². The van der Waals surface area contributed by atoms with Gasteiger partial charge in [0.25, 0.3) is 0 Å². The molecule has 0 saturated heterocycles. The summed E-state index contributed by atoms with van der Waals surface area (Å²) in [5, 5.41) is 7.86. The van der Waals surface area contributed by atoms with E-state index in [9.17, 15) is 0 Å². The molecule has 0 spiro atoms. The first-order valence-corrected chi connectivity index (χ1v) is 7.88. The van der Waals surface area contributed by atoms with Crippen LogP contribution < -0.4 is 5.32 Å². The van der Waals surface area contributed by atoms with Crippen molar-refractivity contribution >= 4 is 5.82 Å². The molecular formula is C18H21N5. The van der Waals surface area contributed by atoms with Crippen molar-refractivity contribution in [3.05, 3.63) is 71.9 Å². The van der Waals surface area contributed by atoms with E-state index in [0.717, 1.165) is 30.3 Å². The van der Waals surface area contributed by atoms with Crippen molar-refractivity contribution in [2.45, 2.75) is 32.9 Å². The molecule has 1 unspecified atom stereocenters. The highest BCUT2D eigenvalue weighted by Crippen LogP contribution is 2.20. The normalized spacial score (nSPS) is 12.1. The zero-order valence-electron chi connectivity index (χ0n) is 13.5. The molecule has 0 aliphatic heterocycles. The fourth-order valence-corrected chi connectivity index (χ4v) is 2.58. The molecular weight excluding hydrogens is 286 g/mol. The number of aromatic nitrogens is 4. The first kappa shape index (κ1) is 15.2. The molecule has 0 aliphatic carbocycles. The van der Waals surface area contributed by atoms with Crippen LogP contribution >= 0.6 is 0 Å². The van der Waals surface area contributed by atoms with Crippen LogP contribution in [-0.2, 0) is 13.0 Å². The average molecular weight is 307 g/mol. The molecule has 5 heteroatoms. The molecule has 0 saturated carbocycles. The second-order valence-corrected chi connectivity index (χ2v) is 5.48. The van der Waals surface area contributed by atoms with Crippen LogP contribution in [0.2, 0.25) is 0 Å². The molecule has 1 atom stereocenters. The van der Waals surface area contributed by atoms with Crippen molar-refractivity contribution in [3.8, 4) is 0 Å². The molecule has 0 amide bonds. The van der Waals surface area contributed by atoms with Crippen LogP contribution in [0, 0.1) is 6.92 Å². The number of rotatable bonds is 6. The van der Waals surface area contributed by atoms with Crippen molar-refractivity contribution in [2.75, 3.05) is 5.32 Å². The van der Waals surface area contributed by atoms with Gasteiger partial charge in [0, 0.05) is 24.2 Å². The topological polar surface area (TPSA) is 55.6 Å². The third kappa shape index (κ3) is 3.94. The Morgan fingerprint density at radius 2 is 1.96 bits per heavy atom. The van der Waals surface area contributed by atoms with Gasteiger partial charge < -0.3 is 5.32 Å². The summed E-state index contributed by atoms with van der Waals surface area (Å²) >= 11 is 0. The molecule has 1 aromatic carbocycles. The lowest BCUT2D eigenvalue weighted by molar-refractivity contribution is 0.550. The molecule has 118 valence electrons. The molecule has 0 bridgehead atoms. The number of anilines is 1. The van der Waals surface area contributed by atoms with E-state index in [-0.39, 0.29) is 6.04 Å². The van der Waals surface area contributed by atoms with E-state index in [1.165, 1.54) is 5.56 Å². The van der Waals surface area contributed by atoms with Gasteiger partial charge in [-0.3, -0.25) is 4.68 Å². The molecule has 3 aromatic rings. The third-order valence-electron chi connectivity index (χ3n) is 3.71. The third-order valence-corrected chi connectivity index (χ3v) is 3.71. The predicted molar refractivity (Wildman–Crippen MR) is 91.2 cm³/mol. The maximum atomic E-state index is 4.52. The largest absolute Gasteiger partial charge is 0.361 e. The van der Waals surface area contributed by atoms with Gasteiger partial charge >= 0.3 is 0 Å². The Balaban J connectivity index is 1.88. The molecule has 0 fully saturated rings. The van der Waals surface area contributed by atoms with Crippen LogP contribution in [-0.4, -0.2) is 19.7 Å². The van der Waals surface area contributed by atoms with Crippen LogP contribution in [0.25, 0.3) is 0 Å². The summed E-state index contributed by atoms with van der Waals surface area (Å²) in [6, 6.07) is 14.4. The molecule has 0 aliphatic rings. The summed E-state index contributed by atoms with van der Waals surface area (Å²) in [5.41, 5.74) is 2.25. The van der Waals surface area contributed by atoms with Crippen LogP contribution in [0.4, 0.5) is 5.82 Å². The zero-order valence-corrected chi connectivity index (χ0v) is 13.5. The van der Waals surface area contributed by atoms with E-state index in [0.29, 0.717) is 0 Å². The lowest BCUT2D eigenvalue weighted by atomic mass is 10.1. The number of hydrogen-bond donors (Lipinski definition) is 1. The van der Waals surface area contributed by atoms with Crippen molar-refractivity contribution in [1.82, 2.24) is 19.7 Å². The van der Waals surface area contributed by atoms with E-state index >= 15 is 0 Å². The first-order chi connectivity index (χ1) is 11.2. The maximum Gasteiger partial charge on any atom is 0.130 e. The van der Waals surface area contributed by atoms with Gasteiger partial charge in [-0.25, -0.2) is 9.97 Å². The number of aryl methyl sites for hydroxylation is 2. The zero-order chi connectivity index (χ0) is 16.1. The minimum Gasteiger partial charge on any atom is -0.361 e.